The average Bonchev–Trinajstić information content (AvgIpc) is 2.67. The van der Waals surface area contributed by atoms with Crippen molar-refractivity contribution in [3.05, 3.63) is 58.6 Å². The fraction of sp³-hybridized carbons (Fsp3) is 0.278. The molecule has 1 aliphatic rings. The van der Waals surface area contributed by atoms with Crippen LogP contribution < -0.4 is 4.74 Å². The van der Waals surface area contributed by atoms with E-state index in [0.717, 1.165) is 6.07 Å². The smallest absolute Gasteiger partial charge is 0.260 e. The molecule has 10 heteroatoms. The topological polar surface area (TPSA) is 66.9 Å². The zero-order chi connectivity index (χ0) is 20.3. The summed E-state index contributed by atoms with van der Waals surface area (Å²) in [5.74, 6) is -1.03. The van der Waals surface area contributed by atoms with Crippen LogP contribution in [0.1, 0.15) is 0 Å². The standard InChI is InChI=1S/C18H17BrF2N2O4S/c19-16-11-14(21)4-5-17(16)27-12-18(24)22-6-8-23(9-7-22)28(25,26)15-3-1-2-13(20)10-15/h1-5,10-11H,6-9,12H2. The first-order valence-electron chi connectivity index (χ1n) is 8.39. The highest BCUT2D eigenvalue weighted by molar-refractivity contribution is 9.10. The van der Waals surface area contributed by atoms with Gasteiger partial charge in [0, 0.05) is 26.2 Å². The van der Waals surface area contributed by atoms with Gasteiger partial charge in [-0.25, -0.2) is 17.2 Å². The molecule has 150 valence electrons. The molecular formula is C18H17BrF2N2O4S. The number of amides is 1. The Labute approximate surface area is 169 Å². The Morgan fingerprint density at radius 3 is 2.36 bits per heavy atom. The van der Waals surface area contributed by atoms with Gasteiger partial charge in [-0.2, -0.15) is 4.31 Å². The molecular weight excluding hydrogens is 458 g/mol. The Balaban J connectivity index is 1.56. The van der Waals surface area contributed by atoms with E-state index in [0.29, 0.717) is 10.2 Å². The summed E-state index contributed by atoms with van der Waals surface area (Å²) in [6.45, 7) is 0.346. The summed E-state index contributed by atoms with van der Waals surface area (Å²) in [6, 6.07) is 8.69. The minimum atomic E-state index is -3.82. The lowest BCUT2D eigenvalue weighted by atomic mass is 10.3. The highest BCUT2D eigenvalue weighted by Gasteiger charge is 2.30. The number of rotatable bonds is 5. The van der Waals surface area contributed by atoms with E-state index in [9.17, 15) is 22.0 Å². The first-order valence-corrected chi connectivity index (χ1v) is 10.6. The predicted octanol–water partition coefficient (Wildman–Crippen LogP) is 2.64. The predicted molar refractivity (Wildman–Crippen MR) is 101 cm³/mol. The van der Waals surface area contributed by atoms with Crippen LogP contribution in [-0.2, 0) is 14.8 Å². The summed E-state index contributed by atoms with van der Waals surface area (Å²) in [6.07, 6.45) is 0. The van der Waals surface area contributed by atoms with E-state index in [4.69, 9.17) is 4.74 Å². The van der Waals surface area contributed by atoms with Crippen molar-refractivity contribution in [1.82, 2.24) is 9.21 Å². The summed E-state index contributed by atoms with van der Waals surface area (Å²) in [5, 5.41) is 0. The fourth-order valence-corrected chi connectivity index (χ4v) is 4.70. The molecule has 6 nitrogen and oxygen atoms in total. The van der Waals surface area contributed by atoms with E-state index in [1.54, 1.807) is 0 Å². The summed E-state index contributed by atoms with van der Waals surface area (Å²) in [7, 11) is -3.82. The van der Waals surface area contributed by atoms with E-state index < -0.39 is 21.7 Å². The molecule has 0 spiro atoms. The SMILES string of the molecule is O=C(COc1ccc(F)cc1Br)N1CCN(S(=O)(=O)c2cccc(F)c2)CC1. The van der Waals surface area contributed by atoms with Gasteiger partial charge in [0.1, 0.15) is 17.4 Å². The third-order valence-corrected chi connectivity index (χ3v) is 6.78. The number of nitrogens with zero attached hydrogens (tertiary/aromatic N) is 2. The average molecular weight is 475 g/mol. The number of hydrogen-bond donors (Lipinski definition) is 0. The van der Waals surface area contributed by atoms with Gasteiger partial charge >= 0.3 is 0 Å². The van der Waals surface area contributed by atoms with E-state index in [1.165, 1.54) is 45.6 Å². The van der Waals surface area contributed by atoms with E-state index >= 15 is 0 Å². The Bertz CT molecular complexity index is 979. The monoisotopic (exact) mass is 474 g/mol. The van der Waals surface area contributed by atoms with Crippen LogP contribution in [0.15, 0.2) is 51.8 Å². The van der Waals surface area contributed by atoms with Crippen LogP contribution in [0, 0.1) is 11.6 Å². The second-order valence-electron chi connectivity index (χ2n) is 6.11. The van der Waals surface area contributed by atoms with Gasteiger partial charge in [-0.05, 0) is 52.3 Å². The molecule has 28 heavy (non-hydrogen) atoms. The molecule has 0 unspecified atom stereocenters. The lowest BCUT2D eigenvalue weighted by molar-refractivity contribution is -0.134. The first-order chi connectivity index (χ1) is 13.3. The largest absolute Gasteiger partial charge is 0.483 e. The lowest BCUT2D eigenvalue weighted by Gasteiger charge is -2.34. The molecule has 0 aliphatic carbocycles. The maximum absolute atomic E-state index is 13.3. The van der Waals surface area contributed by atoms with Crippen molar-refractivity contribution in [3.63, 3.8) is 0 Å². The Morgan fingerprint density at radius 2 is 1.71 bits per heavy atom. The summed E-state index contributed by atoms with van der Waals surface area (Å²) in [4.78, 5) is 13.7. The number of benzene rings is 2. The van der Waals surface area contributed by atoms with Gasteiger partial charge in [0.2, 0.25) is 10.0 Å². The van der Waals surface area contributed by atoms with E-state index in [-0.39, 0.29) is 43.6 Å². The van der Waals surface area contributed by atoms with Gasteiger partial charge in [-0.3, -0.25) is 4.79 Å². The molecule has 0 aromatic heterocycles. The Morgan fingerprint density at radius 1 is 1.04 bits per heavy atom. The number of ether oxygens (including phenoxy) is 1. The second-order valence-corrected chi connectivity index (χ2v) is 8.90. The van der Waals surface area contributed by atoms with Crippen molar-refractivity contribution in [2.24, 2.45) is 0 Å². The molecule has 1 heterocycles. The molecule has 2 aromatic rings. The van der Waals surface area contributed by atoms with Crippen molar-refractivity contribution in [1.29, 1.82) is 0 Å². The van der Waals surface area contributed by atoms with Gasteiger partial charge in [0.25, 0.3) is 5.91 Å². The van der Waals surface area contributed by atoms with Crippen molar-refractivity contribution < 1.29 is 26.7 Å². The zero-order valence-corrected chi connectivity index (χ0v) is 17.0. The number of carbonyl (C=O) groups is 1. The van der Waals surface area contributed by atoms with E-state index in [2.05, 4.69) is 15.9 Å². The van der Waals surface area contributed by atoms with Gasteiger partial charge in [-0.1, -0.05) is 6.07 Å². The highest BCUT2D eigenvalue weighted by Crippen LogP contribution is 2.25. The number of hydrogen-bond acceptors (Lipinski definition) is 4. The number of carbonyl (C=O) groups excluding carboxylic acids is 1. The molecule has 0 atom stereocenters. The van der Waals surface area contributed by atoms with E-state index in [1.807, 2.05) is 0 Å². The summed E-state index contributed by atoms with van der Waals surface area (Å²) >= 11 is 3.16. The quantitative estimate of drug-likeness (QED) is 0.667. The molecule has 0 bridgehead atoms. The number of piperazine rings is 1. The molecule has 0 N–H and O–H groups in total. The third kappa shape index (κ3) is 4.68. The van der Waals surface area contributed by atoms with Crippen molar-refractivity contribution in [3.8, 4) is 5.75 Å². The molecule has 1 fully saturated rings. The molecule has 1 saturated heterocycles. The second kappa shape index (κ2) is 8.54. The molecule has 1 aliphatic heterocycles. The van der Waals surface area contributed by atoms with Gasteiger partial charge < -0.3 is 9.64 Å². The van der Waals surface area contributed by atoms with Crippen LogP contribution in [0.5, 0.6) is 5.75 Å². The first kappa shape index (κ1) is 20.7. The minimum Gasteiger partial charge on any atom is -0.483 e. The van der Waals surface area contributed by atoms with Crippen LogP contribution in [-0.4, -0.2) is 56.3 Å². The van der Waals surface area contributed by atoms with Crippen LogP contribution in [0.4, 0.5) is 8.78 Å². The van der Waals surface area contributed by atoms with Crippen molar-refractivity contribution in [2.75, 3.05) is 32.8 Å². The van der Waals surface area contributed by atoms with Gasteiger partial charge in [-0.15, -0.1) is 0 Å². The minimum absolute atomic E-state index is 0.102. The Hall–Kier alpha value is -2.04. The maximum Gasteiger partial charge on any atom is 0.260 e. The van der Waals surface area contributed by atoms with Crippen LogP contribution >= 0.6 is 15.9 Å². The molecule has 0 radical (unpaired) electrons. The van der Waals surface area contributed by atoms with Gasteiger partial charge in [0.15, 0.2) is 6.61 Å². The lowest BCUT2D eigenvalue weighted by Crippen LogP contribution is -2.51. The third-order valence-electron chi connectivity index (χ3n) is 4.27. The van der Waals surface area contributed by atoms with Gasteiger partial charge in [0.05, 0.1) is 9.37 Å². The van der Waals surface area contributed by atoms with Crippen molar-refractivity contribution in [2.45, 2.75) is 4.90 Å². The van der Waals surface area contributed by atoms with Crippen LogP contribution in [0.3, 0.4) is 0 Å². The fourth-order valence-electron chi connectivity index (χ4n) is 2.78. The molecule has 2 aromatic carbocycles. The van der Waals surface area contributed by atoms with Crippen molar-refractivity contribution >= 4 is 31.9 Å². The molecule has 1 amide bonds. The number of halogens is 3. The highest BCUT2D eigenvalue weighted by atomic mass is 79.9. The summed E-state index contributed by atoms with van der Waals surface area (Å²) < 4.78 is 58.6. The zero-order valence-electron chi connectivity index (χ0n) is 14.6. The Kier molecular flexibility index (Phi) is 6.31. The summed E-state index contributed by atoms with van der Waals surface area (Å²) in [5.41, 5.74) is 0. The van der Waals surface area contributed by atoms with Crippen LogP contribution in [0.2, 0.25) is 0 Å². The normalized spacial score (nSPS) is 15.5. The van der Waals surface area contributed by atoms with Crippen LogP contribution in [0.25, 0.3) is 0 Å². The number of sulfonamides is 1. The maximum atomic E-state index is 13.3. The molecule has 3 rings (SSSR count). The molecule has 0 saturated carbocycles.